The zero-order chi connectivity index (χ0) is 21.6. The number of nitrogens with zero attached hydrogens (tertiary/aromatic N) is 3. The van der Waals surface area contributed by atoms with Crippen LogP contribution < -0.4 is 4.90 Å². The summed E-state index contributed by atoms with van der Waals surface area (Å²) in [6.45, 7) is 12.2. The number of hydrogen-bond acceptors (Lipinski definition) is 2. The molecule has 1 aliphatic rings. The summed E-state index contributed by atoms with van der Waals surface area (Å²) in [5.41, 5.74) is 8.11. The van der Waals surface area contributed by atoms with Crippen LogP contribution in [-0.4, -0.2) is 10.6 Å². The number of hydrogen-bond donors (Lipinski definition) is 0. The predicted octanol–water partition coefficient (Wildman–Crippen LogP) is 8.09. The van der Waals surface area contributed by atoms with Crippen molar-refractivity contribution in [1.29, 1.82) is 0 Å². The van der Waals surface area contributed by atoms with Crippen LogP contribution in [0.2, 0.25) is 0 Å². The zero-order valence-corrected chi connectivity index (χ0v) is 17.8. The van der Waals surface area contributed by atoms with Gasteiger partial charge in [-0.3, -0.25) is 0 Å². The van der Waals surface area contributed by atoms with Gasteiger partial charge in [0.1, 0.15) is 11.2 Å². The van der Waals surface area contributed by atoms with E-state index in [-0.39, 0.29) is 6.04 Å². The van der Waals surface area contributed by atoms with Crippen molar-refractivity contribution in [3.8, 4) is 5.69 Å². The highest BCUT2D eigenvalue weighted by Crippen LogP contribution is 2.50. The van der Waals surface area contributed by atoms with Crippen molar-refractivity contribution >= 4 is 60.8 Å². The average Bonchev–Trinajstić information content (AvgIpc) is 3.35. The topological polar surface area (TPSA) is 25.7 Å². The highest BCUT2D eigenvalue weighted by Gasteiger charge is 2.30. The Labute approximate surface area is 184 Å². The average molecular weight is 413 g/mol. The van der Waals surface area contributed by atoms with Gasteiger partial charge in [-0.2, -0.15) is 0 Å². The van der Waals surface area contributed by atoms with E-state index >= 15 is 0 Å². The van der Waals surface area contributed by atoms with Crippen molar-refractivity contribution < 1.29 is 4.42 Å². The highest BCUT2D eigenvalue weighted by atomic mass is 16.3. The van der Waals surface area contributed by atoms with Gasteiger partial charge >= 0.3 is 0 Å². The van der Waals surface area contributed by atoms with Crippen molar-refractivity contribution in [2.45, 2.75) is 19.9 Å². The fraction of sp³-hybridized carbons (Fsp3) is 0.107. The summed E-state index contributed by atoms with van der Waals surface area (Å²) < 4.78 is 8.57. The molecule has 4 heteroatoms. The molecule has 0 N–H and O–H groups in total. The van der Waals surface area contributed by atoms with Crippen LogP contribution in [0.5, 0.6) is 0 Å². The predicted molar refractivity (Wildman–Crippen MR) is 132 cm³/mol. The summed E-state index contributed by atoms with van der Waals surface area (Å²) in [4.78, 5) is 6.20. The second-order valence-corrected chi connectivity index (χ2v) is 8.69. The molecule has 0 fully saturated rings. The Bertz CT molecular complexity index is 1780. The van der Waals surface area contributed by atoms with Crippen molar-refractivity contribution in [1.82, 2.24) is 4.57 Å². The molecule has 0 aliphatic carbocycles. The Morgan fingerprint density at radius 3 is 2.38 bits per heavy atom. The lowest BCUT2D eigenvalue weighted by atomic mass is 10.0. The van der Waals surface area contributed by atoms with E-state index in [1.54, 1.807) is 0 Å². The summed E-state index contributed by atoms with van der Waals surface area (Å²) in [5.74, 6) is 0. The standard InChI is InChI=1S/C28H19N3O/c1-16(2)30-20-9-5-6-10-21(20)31-22-12-13-25-27(18-8-4-7-11-24(18)32-25)26(22)19-14-17(29-3)15-23(30)28(19)31/h4-16H,1-2H3. The van der Waals surface area contributed by atoms with E-state index < -0.39 is 0 Å². The van der Waals surface area contributed by atoms with Crippen LogP contribution in [0.4, 0.5) is 17.1 Å². The summed E-state index contributed by atoms with van der Waals surface area (Å²) in [7, 11) is 0. The first-order valence-electron chi connectivity index (χ1n) is 10.9. The Hall–Kier alpha value is -4.23. The van der Waals surface area contributed by atoms with Gasteiger partial charge in [-0.15, -0.1) is 0 Å². The summed E-state index contributed by atoms with van der Waals surface area (Å²) >= 11 is 0. The minimum Gasteiger partial charge on any atom is -0.456 e. The lowest BCUT2D eigenvalue weighted by Crippen LogP contribution is -2.29. The smallest absolute Gasteiger partial charge is 0.190 e. The molecule has 3 heterocycles. The molecule has 152 valence electrons. The van der Waals surface area contributed by atoms with Gasteiger partial charge in [0.15, 0.2) is 5.69 Å². The number of rotatable bonds is 1. The first-order valence-corrected chi connectivity index (χ1v) is 10.9. The van der Waals surface area contributed by atoms with Crippen molar-refractivity contribution in [3.05, 3.63) is 84.2 Å². The van der Waals surface area contributed by atoms with Crippen molar-refractivity contribution in [3.63, 3.8) is 0 Å². The van der Waals surface area contributed by atoms with Crippen LogP contribution in [0.3, 0.4) is 0 Å². The number of anilines is 2. The van der Waals surface area contributed by atoms with E-state index in [1.165, 1.54) is 0 Å². The van der Waals surface area contributed by atoms with Crippen molar-refractivity contribution in [2.75, 3.05) is 4.90 Å². The van der Waals surface area contributed by atoms with Gasteiger partial charge in [0, 0.05) is 27.6 Å². The van der Waals surface area contributed by atoms with E-state index in [9.17, 15) is 0 Å². The molecule has 0 bridgehead atoms. The molecule has 7 rings (SSSR count). The molecule has 0 amide bonds. The van der Waals surface area contributed by atoms with Gasteiger partial charge in [0.2, 0.25) is 0 Å². The normalized spacial score (nSPS) is 12.9. The second-order valence-electron chi connectivity index (χ2n) is 8.69. The summed E-state index contributed by atoms with van der Waals surface area (Å²) in [6, 6.07) is 25.3. The van der Waals surface area contributed by atoms with Gasteiger partial charge in [-0.05, 0) is 56.3 Å². The van der Waals surface area contributed by atoms with Crippen LogP contribution in [0.1, 0.15) is 13.8 Å². The number of furan rings is 1. The number of fused-ring (bicyclic) bond motifs is 9. The first-order chi connectivity index (χ1) is 15.7. The number of benzene rings is 4. The first kappa shape index (κ1) is 17.5. The lowest BCUT2D eigenvalue weighted by molar-refractivity contribution is 0.669. The van der Waals surface area contributed by atoms with Crippen molar-refractivity contribution in [2.24, 2.45) is 0 Å². The Kier molecular flexibility index (Phi) is 3.23. The molecule has 0 unspecified atom stereocenters. The molecule has 2 aromatic heterocycles. The van der Waals surface area contributed by atoms with Gasteiger partial charge in [-0.1, -0.05) is 30.3 Å². The largest absolute Gasteiger partial charge is 0.456 e. The maximum Gasteiger partial charge on any atom is 0.190 e. The zero-order valence-electron chi connectivity index (χ0n) is 17.8. The minimum atomic E-state index is 0.252. The van der Waals surface area contributed by atoms with Gasteiger partial charge < -0.3 is 13.9 Å². The van der Waals surface area contributed by atoms with E-state index in [2.05, 4.69) is 76.7 Å². The van der Waals surface area contributed by atoms with Crippen LogP contribution >= 0.6 is 0 Å². The quantitative estimate of drug-likeness (QED) is 0.255. The molecule has 0 spiro atoms. The maximum absolute atomic E-state index is 7.79. The van der Waals surface area contributed by atoms with Crippen LogP contribution in [0, 0.1) is 6.57 Å². The Morgan fingerprint density at radius 1 is 0.781 bits per heavy atom. The molecule has 0 saturated heterocycles. The molecule has 0 atom stereocenters. The third-order valence-corrected chi connectivity index (χ3v) is 6.62. The molecule has 0 radical (unpaired) electrons. The minimum absolute atomic E-state index is 0.252. The van der Waals surface area contributed by atoms with Gasteiger partial charge in [0.25, 0.3) is 0 Å². The maximum atomic E-state index is 7.79. The Morgan fingerprint density at radius 2 is 1.56 bits per heavy atom. The van der Waals surface area contributed by atoms with Crippen LogP contribution in [-0.2, 0) is 0 Å². The van der Waals surface area contributed by atoms with E-state index in [0.717, 1.165) is 60.8 Å². The second kappa shape index (κ2) is 5.93. The SMILES string of the molecule is [C-]#[N+]c1cc2c3c(c1)c1c4c(ccc1n3-c1ccccc1N2C(C)C)oc1ccccc14. The summed E-state index contributed by atoms with van der Waals surface area (Å²) in [5, 5.41) is 4.47. The molecular weight excluding hydrogens is 394 g/mol. The molecule has 0 saturated carbocycles. The molecule has 32 heavy (non-hydrogen) atoms. The molecule has 4 nitrogen and oxygen atoms in total. The van der Waals surface area contributed by atoms with Crippen LogP contribution in [0.15, 0.2) is 77.2 Å². The van der Waals surface area contributed by atoms with Crippen LogP contribution in [0.25, 0.3) is 54.3 Å². The molecule has 4 aromatic carbocycles. The third-order valence-electron chi connectivity index (χ3n) is 6.62. The summed E-state index contributed by atoms with van der Waals surface area (Å²) in [6.07, 6.45) is 0. The van der Waals surface area contributed by atoms with E-state index in [4.69, 9.17) is 11.0 Å². The monoisotopic (exact) mass is 413 g/mol. The molecule has 6 aromatic rings. The fourth-order valence-corrected chi connectivity index (χ4v) is 5.46. The molecular formula is C28H19N3O. The van der Waals surface area contributed by atoms with E-state index in [0.29, 0.717) is 5.69 Å². The lowest BCUT2D eigenvalue weighted by Gasteiger charge is -2.36. The van der Waals surface area contributed by atoms with E-state index in [1.807, 2.05) is 24.3 Å². The highest BCUT2D eigenvalue weighted by molar-refractivity contribution is 6.29. The number of aromatic nitrogens is 1. The Balaban J connectivity index is 1.81. The number of para-hydroxylation sites is 3. The van der Waals surface area contributed by atoms with Gasteiger partial charge in [-0.25, -0.2) is 4.85 Å². The third kappa shape index (κ3) is 2.01. The molecule has 1 aliphatic heterocycles. The fourth-order valence-electron chi connectivity index (χ4n) is 5.46. The van der Waals surface area contributed by atoms with Gasteiger partial charge in [0.05, 0.1) is 34.7 Å².